The van der Waals surface area contributed by atoms with Crippen molar-refractivity contribution in [3.05, 3.63) is 23.5 Å². The maximum Gasteiger partial charge on any atom is 0.219 e. The van der Waals surface area contributed by atoms with E-state index in [-0.39, 0.29) is 5.91 Å². The molecular weight excluding hydrogens is 312 g/mol. The normalized spacial score (nSPS) is 17.8. The van der Waals surface area contributed by atoms with Gasteiger partial charge in [-0.2, -0.15) is 0 Å². The Morgan fingerprint density at radius 1 is 1.32 bits per heavy atom. The second-order valence-corrected chi connectivity index (χ2v) is 7.20. The number of nitrogens with zero attached hydrogens (tertiary/aromatic N) is 2. The van der Waals surface area contributed by atoms with Gasteiger partial charge in [0.05, 0.1) is 0 Å². The van der Waals surface area contributed by atoms with Gasteiger partial charge in [-0.05, 0) is 51.3 Å². The molecule has 1 aromatic heterocycles. The molecule has 0 aliphatic carbocycles. The molecule has 0 radical (unpaired) electrons. The molecule has 25 heavy (non-hydrogen) atoms. The summed E-state index contributed by atoms with van der Waals surface area (Å²) in [5.41, 5.74) is 9.57. The van der Waals surface area contributed by atoms with Gasteiger partial charge in [0, 0.05) is 42.7 Å². The Morgan fingerprint density at radius 2 is 2.16 bits per heavy atom. The van der Waals surface area contributed by atoms with Gasteiger partial charge < -0.3 is 11.1 Å². The van der Waals surface area contributed by atoms with E-state index < -0.39 is 0 Å². The van der Waals surface area contributed by atoms with Crippen LogP contribution in [0.15, 0.2) is 12.4 Å². The molecule has 0 spiro atoms. The first kappa shape index (κ1) is 19.7. The monoisotopic (exact) mass is 346 g/mol. The van der Waals surface area contributed by atoms with Gasteiger partial charge in [-0.3, -0.25) is 14.7 Å². The number of carbonyl (C=O) groups is 1. The quantitative estimate of drug-likeness (QED) is 0.637. The standard InChI is InChI=1S/C20H34N4O/c1-3-4-5-6-11-19(25)23-12-7-9-16-14-22-15-17(20(16)21)18-10-8-13-24(18)2/h14-15,18H,3-13H2,1-2H3,(H2,21,22)(H,23,25)/t18-/m0/s1. The number of unbranched alkanes of at least 4 members (excludes halogenated alkanes) is 3. The summed E-state index contributed by atoms with van der Waals surface area (Å²) in [6.07, 6.45) is 13.1. The lowest BCUT2D eigenvalue weighted by Crippen LogP contribution is -2.24. The summed E-state index contributed by atoms with van der Waals surface area (Å²) in [5.74, 6) is 0.170. The average molecular weight is 347 g/mol. The predicted octanol–water partition coefficient (Wildman–Crippen LogP) is 3.45. The predicted molar refractivity (Wildman–Crippen MR) is 103 cm³/mol. The zero-order valence-corrected chi connectivity index (χ0v) is 15.9. The first-order valence-corrected chi connectivity index (χ1v) is 9.82. The molecule has 0 bridgehead atoms. The largest absolute Gasteiger partial charge is 0.398 e. The Balaban J connectivity index is 1.75. The van der Waals surface area contributed by atoms with E-state index in [1.54, 1.807) is 0 Å². The minimum Gasteiger partial charge on any atom is -0.398 e. The fourth-order valence-electron chi connectivity index (χ4n) is 3.61. The lowest BCUT2D eigenvalue weighted by Gasteiger charge is -2.22. The fraction of sp³-hybridized carbons (Fsp3) is 0.700. The van der Waals surface area contributed by atoms with E-state index in [0.717, 1.165) is 55.5 Å². The molecule has 5 heteroatoms. The lowest BCUT2D eigenvalue weighted by molar-refractivity contribution is -0.121. The number of carbonyl (C=O) groups excluding carboxylic acids is 1. The Hall–Kier alpha value is -1.62. The Morgan fingerprint density at radius 3 is 2.88 bits per heavy atom. The van der Waals surface area contributed by atoms with E-state index in [4.69, 9.17) is 5.73 Å². The van der Waals surface area contributed by atoms with Gasteiger partial charge in [0.1, 0.15) is 0 Å². The summed E-state index contributed by atoms with van der Waals surface area (Å²) in [6.45, 7) is 4.01. The molecule has 5 nitrogen and oxygen atoms in total. The molecule has 1 saturated heterocycles. The SMILES string of the molecule is CCCCCCC(=O)NCCCc1cncc([C@@H]2CCCN2C)c1N. The van der Waals surface area contributed by atoms with Crippen LogP contribution in [-0.2, 0) is 11.2 Å². The minimum atomic E-state index is 0.170. The van der Waals surface area contributed by atoms with Crippen molar-refractivity contribution in [2.24, 2.45) is 0 Å². The highest BCUT2D eigenvalue weighted by molar-refractivity contribution is 5.75. The van der Waals surface area contributed by atoms with Crippen LogP contribution in [0.2, 0.25) is 0 Å². The van der Waals surface area contributed by atoms with Crippen molar-refractivity contribution < 1.29 is 4.79 Å². The number of likely N-dealkylation sites (tertiary alicyclic amines) is 1. The van der Waals surface area contributed by atoms with Crippen molar-refractivity contribution in [1.82, 2.24) is 15.2 Å². The Bertz CT molecular complexity index is 546. The van der Waals surface area contributed by atoms with Crippen molar-refractivity contribution in [2.45, 2.75) is 70.8 Å². The maximum atomic E-state index is 11.8. The number of pyridine rings is 1. The van der Waals surface area contributed by atoms with E-state index in [0.29, 0.717) is 19.0 Å². The number of anilines is 1. The summed E-state index contributed by atoms with van der Waals surface area (Å²) in [4.78, 5) is 18.6. The van der Waals surface area contributed by atoms with Crippen LogP contribution in [0, 0.1) is 0 Å². The van der Waals surface area contributed by atoms with E-state index >= 15 is 0 Å². The van der Waals surface area contributed by atoms with E-state index in [1.807, 2.05) is 12.4 Å². The highest BCUT2D eigenvalue weighted by Crippen LogP contribution is 2.34. The van der Waals surface area contributed by atoms with Crippen LogP contribution in [0.3, 0.4) is 0 Å². The molecule has 3 N–H and O–H groups in total. The summed E-state index contributed by atoms with van der Waals surface area (Å²) < 4.78 is 0. The number of amides is 1. The molecule has 1 aliphatic rings. The molecule has 2 heterocycles. The molecule has 0 aromatic carbocycles. The number of nitrogens with two attached hydrogens (primary N) is 1. The third-order valence-corrected chi connectivity index (χ3v) is 5.18. The molecule has 1 amide bonds. The Labute approximate surface area is 152 Å². The number of hydrogen-bond acceptors (Lipinski definition) is 4. The summed E-state index contributed by atoms with van der Waals surface area (Å²) in [6, 6.07) is 0.398. The minimum absolute atomic E-state index is 0.170. The van der Waals surface area contributed by atoms with Gasteiger partial charge in [0.15, 0.2) is 0 Å². The van der Waals surface area contributed by atoms with E-state index in [9.17, 15) is 4.79 Å². The van der Waals surface area contributed by atoms with Crippen molar-refractivity contribution in [3.63, 3.8) is 0 Å². The molecule has 1 fully saturated rings. The number of hydrogen-bond donors (Lipinski definition) is 2. The molecule has 1 aliphatic heterocycles. The van der Waals surface area contributed by atoms with Crippen molar-refractivity contribution in [3.8, 4) is 0 Å². The first-order valence-electron chi connectivity index (χ1n) is 9.82. The van der Waals surface area contributed by atoms with Crippen LogP contribution in [0.1, 0.15) is 75.5 Å². The van der Waals surface area contributed by atoms with Crippen LogP contribution in [0.25, 0.3) is 0 Å². The van der Waals surface area contributed by atoms with Crippen molar-refractivity contribution >= 4 is 11.6 Å². The van der Waals surface area contributed by atoms with Gasteiger partial charge >= 0.3 is 0 Å². The third-order valence-electron chi connectivity index (χ3n) is 5.18. The Kier molecular flexibility index (Phi) is 8.19. The zero-order chi connectivity index (χ0) is 18.1. The van der Waals surface area contributed by atoms with Gasteiger partial charge in [0.25, 0.3) is 0 Å². The van der Waals surface area contributed by atoms with Gasteiger partial charge in [0.2, 0.25) is 5.91 Å². The highest BCUT2D eigenvalue weighted by Gasteiger charge is 2.25. The number of aryl methyl sites for hydroxylation is 1. The average Bonchev–Trinajstić information content (AvgIpc) is 3.03. The highest BCUT2D eigenvalue weighted by atomic mass is 16.1. The van der Waals surface area contributed by atoms with E-state index in [1.165, 1.54) is 19.3 Å². The maximum absolute atomic E-state index is 11.8. The van der Waals surface area contributed by atoms with E-state index in [2.05, 4.69) is 29.2 Å². The smallest absolute Gasteiger partial charge is 0.219 e. The fourth-order valence-corrected chi connectivity index (χ4v) is 3.61. The van der Waals surface area contributed by atoms with Crippen LogP contribution in [0.5, 0.6) is 0 Å². The van der Waals surface area contributed by atoms with Gasteiger partial charge in [-0.25, -0.2) is 0 Å². The molecule has 140 valence electrons. The molecule has 1 aromatic rings. The van der Waals surface area contributed by atoms with Gasteiger partial charge in [-0.1, -0.05) is 26.2 Å². The van der Waals surface area contributed by atoms with Crippen molar-refractivity contribution in [2.75, 3.05) is 25.9 Å². The van der Waals surface area contributed by atoms with Crippen LogP contribution < -0.4 is 11.1 Å². The van der Waals surface area contributed by atoms with Crippen molar-refractivity contribution in [1.29, 1.82) is 0 Å². The molecule has 2 rings (SSSR count). The molecule has 1 atom stereocenters. The lowest BCUT2D eigenvalue weighted by atomic mass is 10.00. The molecule has 0 unspecified atom stereocenters. The number of nitrogen functional groups attached to an aromatic ring is 1. The molecular formula is C20H34N4O. The zero-order valence-electron chi connectivity index (χ0n) is 15.9. The second-order valence-electron chi connectivity index (χ2n) is 7.20. The molecule has 0 saturated carbocycles. The number of nitrogens with one attached hydrogen (secondary N) is 1. The summed E-state index contributed by atoms with van der Waals surface area (Å²) in [5, 5.41) is 3.02. The number of rotatable bonds is 10. The van der Waals surface area contributed by atoms with Crippen LogP contribution in [0.4, 0.5) is 5.69 Å². The third kappa shape index (κ3) is 5.99. The first-order chi connectivity index (χ1) is 12.1. The number of aromatic nitrogens is 1. The topological polar surface area (TPSA) is 71.2 Å². The van der Waals surface area contributed by atoms with Gasteiger partial charge in [-0.15, -0.1) is 0 Å². The summed E-state index contributed by atoms with van der Waals surface area (Å²) in [7, 11) is 2.15. The van der Waals surface area contributed by atoms with Crippen LogP contribution in [-0.4, -0.2) is 35.9 Å². The summed E-state index contributed by atoms with van der Waals surface area (Å²) >= 11 is 0. The second kappa shape index (κ2) is 10.4. The van der Waals surface area contributed by atoms with Crippen LogP contribution >= 0.6 is 0 Å².